The number of halogens is 2. The van der Waals surface area contributed by atoms with Gasteiger partial charge >= 0.3 is 0 Å². The zero-order chi connectivity index (χ0) is 20.6. The van der Waals surface area contributed by atoms with Gasteiger partial charge in [0, 0.05) is 28.9 Å². The third kappa shape index (κ3) is 6.74. The normalized spacial score (nSPS) is 10.7. The number of amides is 1. The highest BCUT2D eigenvalue weighted by atomic mass is 35.5. The molecule has 1 heterocycles. The number of aryl methyl sites for hydroxylation is 1. The van der Waals surface area contributed by atoms with Crippen LogP contribution in [0.25, 0.3) is 11.3 Å². The van der Waals surface area contributed by atoms with Crippen molar-refractivity contribution in [1.29, 1.82) is 0 Å². The zero-order valence-corrected chi connectivity index (χ0v) is 18.4. The van der Waals surface area contributed by atoms with E-state index < -0.39 is 0 Å². The lowest BCUT2D eigenvalue weighted by Gasteiger charge is -2.09. The SMILES string of the molecule is Cc1nc(-c2ccc(CCNC(=O)CCCOc3ccc(Cl)cc3Cl)cc2)cs1. The summed E-state index contributed by atoms with van der Waals surface area (Å²) >= 11 is 13.6. The summed E-state index contributed by atoms with van der Waals surface area (Å²) in [7, 11) is 0. The monoisotopic (exact) mass is 448 g/mol. The van der Waals surface area contributed by atoms with Gasteiger partial charge in [0.2, 0.25) is 5.91 Å². The number of carbonyl (C=O) groups excluding carboxylic acids is 1. The fourth-order valence-corrected chi connectivity index (χ4v) is 3.87. The number of nitrogens with zero attached hydrogens (tertiary/aromatic N) is 1. The molecule has 0 aliphatic heterocycles. The number of aromatic nitrogens is 1. The Balaban J connectivity index is 1.33. The Bertz CT molecular complexity index is 958. The van der Waals surface area contributed by atoms with Crippen molar-refractivity contribution in [2.24, 2.45) is 0 Å². The van der Waals surface area contributed by atoms with Gasteiger partial charge in [0.15, 0.2) is 0 Å². The van der Waals surface area contributed by atoms with Gasteiger partial charge in [-0.1, -0.05) is 47.5 Å². The molecule has 0 bridgehead atoms. The summed E-state index contributed by atoms with van der Waals surface area (Å²) in [5.41, 5.74) is 3.30. The van der Waals surface area contributed by atoms with Crippen LogP contribution in [0.3, 0.4) is 0 Å². The Labute approximate surface area is 184 Å². The summed E-state index contributed by atoms with van der Waals surface area (Å²) in [6.07, 6.45) is 1.82. The molecule has 0 atom stereocenters. The molecule has 1 aromatic heterocycles. The minimum atomic E-state index is 0.0189. The quantitative estimate of drug-likeness (QED) is 0.411. The highest BCUT2D eigenvalue weighted by Gasteiger charge is 2.05. The second-order valence-corrected chi connectivity index (χ2v) is 8.48. The van der Waals surface area contributed by atoms with Crippen molar-refractivity contribution in [2.45, 2.75) is 26.2 Å². The number of thiazole rings is 1. The molecule has 0 saturated carbocycles. The van der Waals surface area contributed by atoms with Crippen LogP contribution in [0, 0.1) is 6.92 Å². The van der Waals surface area contributed by atoms with Gasteiger partial charge in [-0.2, -0.15) is 0 Å². The van der Waals surface area contributed by atoms with Crippen molar-refractivity contribution in [2.75, 3.05) is 13.2 Å². The Hall–Kier alpha value is -2.08. The van der Waals surface area contributed by atoms with Crippen LogP contribution in [0.4, 0.5) is 0 Å². The number of hydrogen-bond donors (Lipinski definition) is 1. The Morgan fingerprint density at radius 3 is 2.66 bits per heavy atom. The number of carbonyl (C=O) groups is 1. The molecule has 0 spiro atoms. The molecule has 7 heteroatoms. The van der Waals surface area contributed by atoms with E-state index in [1.165, 1.54) is 5.56 Å². The van der Waals surface area contributed by atoms with Crippen molar-refractivity contribution in [3.05, 3.63) is 68.5 Å². The van der Waals surface area contributed by atoms with E-state index in [2.05, 4.69) is 39.9 Å². The lowest BCUT2D eigenvalue weighted by atomic mass is 10.1. The van der Waals surface area contributed by atoms with E-state index in [0.717, 1.165) is 22.7 Å². The van der Waals surface area contributed by atoms with Crippen molar-refractivity contribution >= 4 is 40.4 Å². The van der Waals surface area contributed by atoms with Gasteiger partial charge in [0.1, 0.15) is 5.75 Å². The molecular weight excluding hydrogens is 427 g/mol. The fraction of sp³-hybridized carbons (Fsp3) is 0.273. The van der Waals surface area contributed by atoms with Gasteiger partial charge in [-0.25, -0.2) is 4.98 Å². The molecule has 3 rings (SSSR count). The van der Waals surface area contributed by atoms with Gasteiger partial charge < -0.3 is 10.1 Å². The molecule has 2 aromatic carbocycles. The molecule has 0 saturated heterocycles. The average Bonchev–Trinajstić information content (AvgIpc) is 3.13. The molecular formula is C22H22Cl2N2O2S. The van der Waals surface area contributed by atoms with E-state index in [1.807, 2.05) is 6.92 Å². The predicted octanol–water partition coefficient (Wildman–Crippen LogP) is 5.94. The molecule has 0 unspecified atom stereocenters. The molecule has 3 aromatic rings. The molecule has 1 amide bonds. The van der Waals surface area contributed by atoms with E-state index in [9.17, 15) is 4.79 Å². The van der Waals surface area contributed by atoms with E-state index >= 15 is 0 Å². The third-order valence-corrected chi connectivity index (χ3v) is 5.61. The van der Waals surface area contributed by atoms with E-state index in [-0.39, 0.29) is 5.91 Å². The summed E-state index contributed by atoms with van der Waals surface area (Å²) in [6.45, 7) is 3.04. The van der Waals surface area contributed by atoms with Crippen LogP contribution in [-0.2, 0) is 11.2 Å². The van der Waals surface area contributed by atoms with Gasteiger partial charge in [-0.3, -0.25) is 4.79 Å². The topological polar surface area (TPSA) is 51.2 Å². The number of nitrogens with one attached hydrogen (secondary N) is 1. The molecule has 1 N–H and O–H groups in total. The number of benzene rings is 2. The molecule has 4 nitrogen and oxygen atoms in total. The standard InChI is InChI=1S/C22H22Cl2N2O2S/c1-15-26-20(14-29-15)17-6-4-16(5-7-17)10-11-25-22(27)3-2-12-28-21-9-8-18(23)13-19(21)24/h4-9,13-14H,2-3,10-12H2,1H3,(H,25,27). The first-order chi connectivity index (χ1) is 14.0. The largest absolute Gasteiger partial charge is 0.492 e. The molecule has 0 aliphatic carbocycles. The molecule has 0 aliphatic rings. The Morgan fingerprint density at radius 2 is 1.97 bits per heavy atom. The van der Waals surface area contributed by atoms with Crippen LogP contribution in [-0.4, -0.2) is 24.0 Å². The van der Waals surface area contributed by atoms with Gasteiger partial charge in [-0.15, -0.1) is 11.3 Å². The summed E-state index contributed by atoms with van der Waals surface area (Å²) in [6, 6.07) is 13.4. The van der Waals surface area contributed by atoms with Gasteiger partial charge in [0.05, 0.1) is 22.3 Å². The zero-order valence-electron chi connectivity index (χ0n) is 16.1. The van der Waals surface area contributed by atoms with Crippen LogP contribution in [0.15, 0.2) is 47.8 Å². The molecule has 29 heavy (non-hydrogen) atoms. The lowest BCUT2D eigenvalue weighted by Crippen LogP contribution is -2.25. The second-order valence-electron chi connectivity index (χ2n) is 6.58. The number of hydrogen-bond acceptors (Lipinski definition) is 4. The minimum Gasteiger partial charge on any atom is -0.492 e. The van der Waals surface area contributed by atoms with Crippen molar-refractivity contribution in [3.8, 4) is 17.0 Å². The smallest absolute Gasteiger partial charge is 0.220 e. The highest BCUT2D eigenvalue weighted by molar-refractivity contribution is 7.09. The summed E-state index contributed by atoms with van der Waals surface area (Å²) in [5, 5.41) is 7.11. The molecule has 152 valence electrons. The van der Waals surface area contributed by atoms with Crippen LogP contribution in [0.5, 0.6) is 5.75 Å². The first kappa shape index (κ1) is 21.6. The molecule has 0 fully saturated rings. The van der Waals surface area contributed by atoms with Crippen LogP contribution in [0.2, 0.25) is 10.0 Å². The van der Waals surface area contributed by atoms with Crippen LogP contribution < -0.4 is 10.1 Å². The first-order valence-corrected chi connectivity index (χ1v) is 11.0. The van der Waals surface area contributed by atoms with Crippen molar-refractivity contribution < 1.29 is 9.53 Å². The van der Waals surface area contributed by atoms with E-state index in [0.29, 0.717) is 41.8 Å². The summed E-state index contributed by atoms with van der Waals surface area (Å²) in [5.74, 6) is 0.595. The predicted molar refractivity (Wildman–Crippen MR) is 120 cm³/mol. The average molecular weight is 449 g/mol. The van der Waals surface area contributed by atoms with Gasteiger partial charge in [0.25, 0.3) is 0 Å². The van der Waals surface area contributed by atoms with Gasteiger partial charge in [-0.05, 0) is 43.5 Å². The Kier molecular flexibility index (Phi) is 7.92. The van der Waals surface area contributed by atoms with Crippen LogP contribution >= 0.6 is 34.5 Å². The summed E-state index contributed by atoms with van der Waals surface area (Å²) < 4.78 is 5.59. The van der Waals surface area contributed by atoms with Crippen LogP contribution in [0.1, 0.15) is 23.4 Å². The maximum Gasteiger partial charge on any atom is 0.220 e. The maximum atomic E-state index is 12.0. The number of ether oxygens (including phenoxy) is 1. The second kappa shape index (κ2) is 10.6. The van der Waals surface area contributed by atoms with Crippen molar-refractivity contribution in [3.63, 3.8) is 0 Å². The first-order valence-electron chi connectivity index (χ1n) is 9.37. The highest BCUT2D eigenvalue weighted by Crippen LogP contribution is 2.27. The van der Waals surface area contributed by atoms with E-state index in [4.69, 9.17) is 27.9 Å². The third-order valence-electron chi connectivity index (χ3n) is 4.30. The molecule has 0 radical (unpaired) electrons. The summed E-state index contributed by atoms with van der Waals surface area (Å²) in [4.78, 5) is 16.5. The maximum absolute atomic E-state index is 12.0. The Morgan fingerprint density at radius 1 is 1.17 bits per heavy atom. The lowest BCUT2D eigenvalue weighted by molar-refractivity contribution is -0.121. The minimum absolute atomic E-state index is 0.0189. The number of rotatable bonds is 9. The van der Waals surface area contributed by atoms with E-state index in [1.54, 1.807) is 29.5 Å². The fourth-order valence-electron chi connectivity index (χ4n) is 2.78. The van der Waals surface area contributed by atoms with Crippen molar-refractivity contribution in [1.82, 2.24) is 10.3 Å².